The van der Waals surface area contributed by atoms with E-state index in [0.29, 0.717) is 59.8 Å². The minimum atomic E-state index is -1.14. The second kappa shape index (κ2) is 8.81. The Kier molecular flexibility index (Phi) is 5.49. The van der Waals surface area contributed by atoms with Crippen molar-refractivity contribution in [3.8, 4) is 5.69 Å². The number of piperidine rings is 1. The number of fused-ring (bicyclic) bond motifs is 1. The van der Waals surface area contributed by atoms with E-state index < -0.39 is 5.60 Å². The molecule has 2 saturated carbocycles. The van der Waals surface area contributed by atoms with Gasteiger partial charge in [0.25, 0.3) is 11.5 Å². The number of carbonyl (C=O) groups is 1. The van der Waals surface area contributed by atoms with Crippen LogP contribution in [0.5, 0.6) is 0 Å². The Morgan fingerprint density at radius 1 is 1.11 bits per heavy atom. The normalized spacial score (nSPS) is 19.3. The smallest absolute Gasteiger partial charge is 0.291 e. The minimum Gasteiger partial charge on any atom is -0.435 e. The molecule has 3 fully saturated rings. The second-order valence-corrected chi connectivity index (χ2v) is 11.3. The fraction of sp³-hybridized carbons (Fsp3) is 0.429. The maximum atomic E-state index is 13.4. The fourth-order valence-corrected chi connectivity index (χ4v) is 5.73. The van der Waals surface area contributed by atoms with E-state index >= 15 is 0 Å². The zero-order valence-corrected chi connectivity index (χ0v) is 21.6. The highest BCUT2D eigenvalue weighted by Crippen LogP contribution is 2.41. The molecule has 1 N–H and O–H groups in total. The standard InChI is InChI=1S/C28H28ClN5O4/c29-23-13-21-24(34(23)20-3-1-2-19(12-20)17-4-5-17)31-16-33(26(21)35)15-28(37)8-10-32(11-9-28)27(36)22-14-30-25(38-22)18-6-7-18/h1-3,12-14,16-18,37H,4-11,15H2. The molecule has 10 heteroatoms. The van der Waals surface area contributed by atoms with Crippen LogP contribution >= 0.6 is 11.6 Å². The highest BCUT2D eigenvalue weighted by atomic mass is 35.5. The Hall–Kier alpha value is -3.43. The van der Waals surface area contributed by atoms with E-state index in [2.05, 4.69) is 22.1 Å². The highest BCUT2D eigenvalue weighted by molar-refractivity contribution is 6.31. The third kappa shape index (κ3) is 4.23. The molecule has 38 heavy (non-hydrogen) atoms. The second-order valence-electron chi connectivity index (χ2n) is 10.9. The number of hydrogen-bond donors (Lipinski definition) is 1. The molecule has 4 aromatic rings. The molecule has 0 radical (unpaired) electrons. The summed E-state index contributed by atoms with van der Waals surface area (Å²) in [7, 11) is 0. The predicted octanol–water partition coefficient (Wildman–Crippen LogP) is 4.25. The number of nitrogens with zero attached hydrogens (tertiary/aromatic N) is 5. The summed E-state index contributed by atoms with van der Waals surface area (Å²) in [6.07, 6.45) is 8.14. The zero-order valence-electron chi connectivity index (χ0n) is 20.8. The molecule has 3 aliphatic rings. The van der Waals surface area contributed by atoms with E-state index in [0.717, 1.165) is 18.5 Å². The molecule has 0 bridgehead atoms. The summed E-state index contributed by atoms with van der Waals surface area (Å²) in [4.78, 5) is 36.8. The molecule has 1 amide bonds. The molecule has 7 rings (SSSR count). The maximum absolute atomic E-state index is 13.4. The van der Waals surface area contributed by atoms with Crippen LogP contribution in [0.1, 0.15) is 72.4 Å². The van der Waals surface area contributed by atoms with E-state index in [1.54, 1.807) is 15.5 Å². The van der Waals surface area contributed by atoms with Crippen LogP contribution in [0.25, 0.3) is 16.7 Å². The van der Waals surface area contributed by atoms with Crippen molar-refractivity contribution in [1.82, 2.24) is 24.0 Å². The van der Waals surface area contributed by atoms with Crippen molar-refractivity contribution in [1.29, 1.82) is 0 Å². The number of amides is 1. The van der Waals surface area contributed by atoms with Gasteiger partial charge in [0.15, 0.2) is 11.5 Å². The highest BCUT2D eigenvalue weighted by Gasteiger charge is 2.37. The zero-order chi connectivity index (χ0) is 26.0. The Bertz CT molecular complexity index is 1600. The Morgan fingerprint density at radius 3 is 2.61 bits per heavy atom. The van der Waals surface area contributed by atoms with Gasteiger partial charge in [0.2, 0.25) is 5.76 Å². The Morgan fingerprint density at radius 2 is 1.87 bits per heavy atom. The van der Waals surface area contributed by atoms with E-state index in [4.69, 9.17) is 16.0 Å². The van der Waals surface area contributed by atoms with Crippen molar-refractivity contribution in [2.45, 2.75) is 62.5 Å². The molecule has 2 aliphatic carbocycles. The summed E-state index contributed by atoms with van der Waals surface area (Å²) in [5, 5.41) is 12.1. The van der Waals surface area contributed by atoms with Gasteiger partial charge < -0.3 is 14.4 Å². The summed E-state index contributed by atoms with van der Waals surface area (Å²) in [6.45, 7) is 0.808. The molecule has 9 nitrogen and oxygen atoms in total. The fourth-order valence-electron chi connectivity index (χ4n) is 5.44. The van der Waals surface area contributed by atoms with E-state index in [1.807, 2.05) is 12.1 Å². The van der Waals surface area contributed by atoms with Gasteiger partial charge in [-0.25, -0.2) is 9.97 Å². The largest absolute Gasteiger partial charge is 0.435 e. The van der Waals surface area contributed by atoms with Crippen molar-refractivity contribution in [3.63, 3.8) is 0 Å². The predicted molar refractivity (Wildman–Crippen MR) is 141 cm³/mol. The third-order valence-electron chi connectivity index (χ3n) is 8.02. The number of oxazole rings is 1. The van der Waals surface area contributed by atoms with Crippen LogP contribution in [0, 0.1) is 0 Å². The summed E-state index contributed by atoms with van der Waals surface area (Å²) >= 11 is 6.59. The summed E-state index contributed by atoms with van der Waals surface area (Å²) in [5.41, 5.74) is 1.25. The van der Waals surface area contributed by atoms with Crippen molar-refractivity contribution in [2.75, 3.05) is 13.1 Å². The molecule has 4 heterocycles. The van der Waals surface area contributed by atoms with Crippen molar-refractivity contribution >= 4 is 28.5 Å². The van der Waals surface area contributed by atoms with Gasteiger partial charge >= 0.3 is 0 Å². The van der Waals surface area contributed by atoms with Crippen LogP contribution in [0.4, 0.5) is 0 Å². The number of rotatable bonds is 6. The van der Waals surface area contributed by atoms with E-state index in [1.165, 1.54) is 35.5 Å². The number of likely N-dealkylation sites (tertiary alicyclic amines) is 1. The van der Waals surface area contributed by atoms with Crippen LogP contribution in [0.15, 0.2) is 52.1 Å². The van der Waals surface area contributed by atoms with Gasteiger partial charge in [-0.2, -0.15) is 0 Å². The Balaban J connectivity index is 1.09. The lowest BCUT2D eigenvalue weighted by atomic mass is 9.91. The number of aliphatic hydroxyl groups is 1. The monoisotopic (exact) mass is 533 g/mol. The lowest BCUT2D eigenvalue weighted by Gasteiger charge is -2.38. The van der Waals surface area contributed by atoms with Crippen molar-refractivity contribution in [2.24, 2.45) is 0 Å². The summed E-state index contributed by atoms with van der Waals surface area (Å²) < 4.78 is 8.90. The van der Waals surface area contributed by atoms with Gasteiger partial charge in [-0.15, -0.1) is 0 Å². The molecule has 0 unspecified atom stereocenters. The summed E-state index contributed by atoms with van der Waals surface area (Å²) in [5.74, 6) is 1.60. The first-order chi connectivity index (χ1) is 18.4. The van der Waals surface area contributed by atoms with Crippen LogP contribution < -0.4 is 5.56 Å². The molecular formula is C28H28ClN5O4. The first kappa shape index (κ1) is 23.7. The van der Waals surface area contributed by atoms with Crippen LogP contribution in [0.2, 0.25) is 5.15 Å². The lowest BCUT2D eigenvalue weighted by molar-refractivity contribution is -0.0304. The number of halogens is 1. The van der Waals surface area contributed by atoms with Gasteiger partial charge in [-0.3, -0.25) is 18.7 Å². The van der Waals surface area contributed by atoms with Gasteiger partial charge in [-0.05, 0) is 68.2 Å². The molecule has 1 saturated heterocycles. The quantitative estimate of drug-likeness (QED) is 0.397. The summed E-state index contributed by atoms with van der Waals surface area (Å²) in [6, 6.07) is 9.85. The minimum absolute atomic E-state index is 0.0882. The van der Waals surface area contributed by atoms with E-state index in [9.17, 15) is 14.7 Å². The number of carbonyl (C=O) groups excluding carboxylic acids is 1. The first-order valence-electron chi connectivity index (χ1n) is 13.2. The number of benzene rings is 1. The van der Waals surface area contributed by atoms with Crippen molar-refractivity contribution in [3.05, 3.63) is 75.6 Å². The molecule has 1 aliphatic heterocycles. The molecule has 196 valence electrons. The molecular weight excluding hydrogens is 506 g/mol. The number of hydrogen-bond acceptors (Lipinski definition) is 6. The van der Waals surface area contributed by atoms with E-state index in [-0.39, 0.29) is 23.8 Å². The van der Waals surface area contributed by atoms with Gasteiger partial charge in [0, 0.05) is 24.7 Å². The van der Waals surface area contributed by atoms with Crippen LogP contribution in [-0.4, -0.2) is 53.7 Å². The maximum Gasteiger partial charge on any atom is 0.291 e. The van der Waals surface area contributed by atoms with Crippen LogP contribution in [0.3, 0.4) is 0 Å². The molecule has 1 aromatic carbocycles. The van der Waals surface area contributed by atoms with Gasteiger partial charge in [-0.1, -0.05) is 23.7 Å². The van der Waals surface area contributed by atoms with Crippen LogP contribution in [-0.2, 0) is 6.54 Å². The first-order valence-corrected chi connectivity index (χ1v) is 13.6. The molecule has 0 atom stereocenters. The third-order valence-corrected chi connectivity index (χ3v) is 8.30. The van der Waals surface area contributed by atoms with Crippen molar-refractivity contribution < 1.29 is 14.3 Å². The SMILES string of the molecule is O=C(c1cnc(C2CC2)o1)N1CCC(O)(Cn2cnc3c(cc(Cl)n3-c3cccc(C4CC4)c3)c2=O)CC1. The molecule has 3 aromatic heterocycles. The molecule has 0 spiro atoms. The van der Waals surface area contributed by atoms with Gasteiger partial charge in [0.1, 0.15) is 11.5 Å². The average molecular weight is 534 g/mol. The lowest BCUT2D eigenvalue weighted by Crippen LogP contribution is -2.49. The topological polar surface area (TPSA) is 106 Å². The average Bonchev–Trinajstić information content (AvgIpc) is 3.86. The van der Waals surface area contributed by atoms with Gasteiger partial charge in [0.05, 0.1) is 23.7 Å². The Labute approximate surface area is 223 Å². The number of aromatic nitrogens is 4.